The number of pyridine rings is 1. The smallest absolute Gasteiger partial charge is 0.308 e. The summed E-state index contributed by atoms with van der Waals surface area (Å²) in [6, 6.07) is 3.60. The van der Waals surface area contributed by atoms with Crippen LogP contribution in [0.15, 0.2) is 24.5 Å². The van der Waals surface area contributed by atoms with Crippen LogP contribution in [0.25, 0.3) is 0 Å². The molecule has 0 bridgehead atoms. The lowest BCUT2D eigenvalue weighted by molar-refractivity contribution is -0.141. The van der Waals surface area contributed by atoms with E-state index in [0.717, 1.165) is 5.56 Å². The lowest BCUT2D eigenvalue weighted by atomic mass is 9.92. The number of hydrogen-bond donors (Lipinski definition) is 2. The number of hydrogen-bond acceptors (Lipinski definition) is 3. The zero-order chi connectivity index (χ0) is 15.2. The van der Waals surface area contributed by atoms with Gasteiger partial charge in [0.1, 0.15) is 0 Å². The first kappa shape index (κ1) is 16.1. The van der Waals surface area contributed by atoms with Gasteiger partial charge in [0.2, 0.25) is 5.91 Å². The SMILES string of the molecule is CC(C)(C)CC(=O)NCC(Cc1cccnc1)C(=O)O. The van der Waals surface area contributed by atoms with Crippen molar-refractivity contribution >= 4 is 11.9 Å². The van der Waals surface area contributed by atoms with Crippen molar-refractivity contribution in [1.29, 1.82) is 0 Å². The third-order valence-corrected chi connectivity index (χ3v) is 2.79. The van der Waals surface area contributed by atoms with Gasteiger partial charge in [0.25, 0.3) is 0 Å². The minimum Gasteiger partial charge on any atom is -0.481 e. The molecular formula is C15H22N2O3. The average Bonchev–Trinajstić information content (AvgIpc) is 2.33. The number of carboxylic acids is 1. The van der Waals surface area contributed by atoms with Crippen LogP contribution in [-0.4, -0.2) is 28.5 Å². The molecule has 0 spiro atoms. The van der Waals surface area contributed by atoms with E-state index in [-0.39, 0.29) is 17.9 Å². The van der Waals surface area contributed by atoms with Crippen molar-refractivity contribution in [3.8, 4) is 0 Å². The quantitative estimate of drug-likeness (QED) is 0.832. The molecule has 1 heterocycles. The standard InChI is InChI=1S/C15H22N2O3/c1-15(2,3)8-13(18)17-10-12(14(19)20)7-11-5-4-6-16-9-11/h4-6,9,12H,7-8,10H2,1-3H3,(H,17,18)(H,19,20). The highest BCUT2D eigenvalue weighted by molar-refractivity contribution is 5.78. The molecular weight excluding hydrogens is 256 g/mol. The third kappa shape index (κ3) is 6.31. The van der Waals surface area contributed by atoms with E-state index in [2.05, 4.69) is 10.3 Å². The Hall–Kier alpha value is -1.91. The molecule has 0 saturated carbocycles. The van der Waals surface area contributed by atoms with E-state index in [1.165, 1.54) is 0 Å². The van der Waals surface area contributed by atoms with E-state index in [1.807, 2.05) is 26.8 Å². The Morgan fingerprint density at radius 3 is 2.60 bits per heavy atom. The van der Waals surface area contributed by atoms with E-state index in [1.54, 1.807) is 18.5 Å². The Balaban J connectivity index is 2.52. The molecule has 20 heavy (non-hydrogen) atoms. The molecule has 1 aromatic heterocycles. The fourth-order valence-corrected chi connectivity index (χ4v) is 1.83. The topological polar surface area (TPSA) is 79.3 Å². The molecule has 1 unspecified atom stereocenters. The lowest BCUT2D eigenvalue weighted by Crippen LogP contribution is -2.35. The number of carbonyl (C=O) groups excluding carboxylic acids is 1. The fraction of sp³-hybridized carbons (Fsp3) is 0.533. The van der Waals surface area contributed by atoms with Gasteiger partial charge in [0.15, 0.2) is 0 Å². The van der Waals surface area contributed by atoms with Crippen LogP contribution in [0, 0.1) is 11.3 Å². The number of nitrogens with one attached hydrogen (secondary N) is 1. The first-order valence-corrected chi connectivity index (χ1v) is 6.66. The molecule has 5 heteroatoms. The highest BCUT2D eigenvalue weighted by atomic mass is 16.4. The van der Waals surface area contributed by atoms with Gasteiger partial charge in [-0.05, 0) is 23.5 Å². The summed E-state index contributed by atoms with van der Waals surface area (Å²) in [6.07, 6.45) is 4.03. The summed E-state index contributed by atoms with van der Waals surface area (Å²) < 4.78 is 0. The summed E-state index contributed by atoms with van der Waals surface area (Å²) in [6.45, 7) is 6.05. The number of carbonyl (C=O) groups is 2. The molecule has 110 valence electrons. The van der Waals surface area contributed by atoms with Crippen molar-refractivity contribution in [2.24, 2.45) is 11.3 Å². The number of carboxylic acid groups (broad SMARTS) is 1. The normalized spacial score (nSPS) is 12.8. The van der Waals surface area contributed by atoms with Gasteiger partial charge in [-0.3, -0.25) is 14.6 Å². The van der Waals surface area contributed by atoms with Crippen LogP contribution in [0.5, 0.6) is 0 Å². The molecule has 1 atom stereocenters. The molecule has 0 aliphatic rings. The molecule has 0 saturated heterocycles. The van der Waals surface area contributed by atoms with Gasteiger partial charge in [-0.25, -0.2) is 0 Å². The molecule has 1 rings (SSSR count). The highest BCUT2D eigenvalue weighted by Crippen LogP contribution is 2.18. The zero-order valence-electron chi connectivity index (χ0n) is 12.2. The van der Waals surface area contributed by atoms with Gasteiger partial charge in [0, 0.05) is 25.4 Å². The lowest BCUT2D eigenvalue weighted by Gasteiger charge is -2.19. The Morgan fingerprint density at radius 2 is 2.10 bits per heavy atom. The molecule has 1 amide bonds. The Kier molecular flexibility index (Phi) is 5.67. The maximum Gasteiger partial charge on any atom is 0.308 e. The van der Waals surface area contributed by atoms with Crippen molar-refractivity contribution in [2.75, 3.05) is 6.54 Å². The largest absolute Gasteiger partial charge is 0.481 e. The average molecular weight is 278 g/mol. The number of aliphatic carboxylic acids is 1. The second-order valence-corrected chi connectivity index (χ2v) is 6.14. The molecule has 1 aromatic rings. The maximum atomic E-state index is 11.7. The predicted molar refractivity (Wildman–Crippen MR) is 76.1 cm³/mol. The number of rotatable bonds is 6. The van der Waals surface area contributed by atoms with Gasteiger partial charge in [0.05, 0.1) is 5.92 Å². The van der Waals surface area contributed by atoms with E-state index < -0.39 is 11.9 Å². The second-order valence-electron chi connectivity index (χ2n) is 6.14. The summed E-state index contributed by atoms with van der Waals surface area (Å²) in [7, 11) is 0. The van der Waals surface area contributed by atoms with E-state index in [0.29, 0.717) is 12.8 Å². The number of aromatic nitrogens is 1. The summed E-state index contributed by atoms with van der Waals surface area (Å²) in [4.78, 5) is 26.9. The first-order chi connectivity index (χ1) is 9.28. The summed E-state index contributed by atoms with van der Waals surface area (Å²) in [5.74, 6) is -1.66. The molecule has 0 aliphatic heterocycles. The number of nitrogens with zero attached hydrogens (tertiary/aromatic N) is 1. The van der Waals surface area contributed by atoms with Crippen LogP contribution in [0.2, 0.25) is 0 Å². The van der Waals surface area contributed by atoms with Crippen LogP contribution >= 0.6 is 0 Å². The Bertz CT molecular complexity index is 452. The van der Waals surface area contributed by atoms with Gasteiger partial charge in [-0.15, -0.1) is 0 Å². The van der Waals surface area contributed by atoms with Crippen molar-refractivity contribution in [3.05, 3.63) is 30.1 Å². The summed E-state index contributed by atoms with van der Waals surface area (Å²) in [5, 5.41) is 11.9. The van der Waals surface area contributed by atoms with Crippen LogP contribution in [0.4, 0.5) is 0 Å². The zero-order valence-corrected chi connectivity index (χ0v) is 12.2. The fourth-order valence-electron chi connectivity index (χ4n) is 1.83. The Morgan fingerprint density at radius 1 is 1.40 bits per heavy atom. The van der Waals surface area contributed by atoms with Gasteiger partial charge in [-0.2, -0.15) is 0 Å². The van der Waals surface area contributed by atoms with Gasteiger partial charge < -0.3 is 10.4 Å². The van der Waals surface area contributed by atoms with E-state index in [4.69, 9.17) is 0 Å². The number of amides is 1. The monoisotopic (exact) mass is 278 g/mol. The van der Waals surface area contributed by atoms with Crippen molar-refractivity contribution in [3.63, 3.8) is 0 Å². The molecule has 5 nitrogen and oxygen atoms in total. The predicted octanol–water partition coefficient (Wildman–Crippen LogP) is 1.88. The van der Waals surface area contributed by atoms with Crippen molar-refractivity contribution in [2.45, 2.75) is 33.6 Å². The first-order valence-electron chi connectivity index (χ1n) is 6.66. The Labute approximate surface area is 119 Å². The minimum atomic E-state index is -0.912. The highest BCUT2D eigenvalue weighted by Gasteiger charge is 2.21. The van der Waals surface area contributed by atoms with Crippen LogP contribution in [-0.2, 0) is 16.0 Å². The van der Waals surface area contributed by atoms with Crippen LogP contribution < -0.4 is 5.32 Å². The molecule has 0 fully saturated rings. The summed E-state index contributed by atoms with van der Waals surface area (Å²) >= 11 is 0. The third-order valence-electron chi connectivity index (χ3n) is 2.79. The van der Waals surface area contributed by atoms with Crippen molar-refractivity contribution in [1.82, 2.24) is 10.3 Å². The van der Waals surface area contributed by atoms with Crippen LogP contribution in [0.3, 0.4) is 0 Å². The molecule has 0 aromatic carbocycles. The molecule has 2 N–H and O–H groups in total. The van der Waals surface area contributed by atoms with Crippen LogP contribution in [0.1, 0.15) is 32.8 Å². The van der Waals surface area contributed by atoms with E-state index >= 15 is 0 Å². The van der Waals surface area contributed by atoms with Gasteiger partial charge >= 0.3 is 5.97 Å². The second kappa shape index (κ2) is 7.03. The van der Waals surface area contributed by atoms with Gasteiger partial charge in [-0.1, -0.05) is 26.8 Å². The molecule has 0 radical (unpaired) electrons. The summed E-state index contributed by atoms with van der Waals surface area (Å²) in [5.41, 5.74) is 0.747. The van der Waals surface area contributed by atoms with Crippen molar-refractivity contribution < 1.29 is 14.7 Å². The maximum absolute atomic E-state index is 11.7. The minimum absolute atomic E-state index is 0.105. The molecule has 0 aliphatic carbocycles. The van der Waals surface area contributed by atoms with E-state index in [9.17, 15) is 14.7 Å².